The van der Waals surface area contributed by atoms with Gasteiger partial charge < -0.3 is 5.32 Å². The van der Waals surface area contributed by atoms with E-state index in [0.717, 1.165) is 12.0 Å². The lowest BCUT2D eigenvalue weighted by molar-refractivity contribution is 0.0364. The van der Waals surface area contributed by atoms with Crippen molar-refractivity contribution in [3.8, 4) is 0 Å². The minimum absolute atomic E-state index is 0.390. The van der Waals surface area contributed by atoms with Gasteiger partial charge in [0.2, 0.25) is 0 Å². The number of rotatable bonds is 4. The second kappa shape index (κ2) is 6.38. The zero-order chi connectivity index (χ0) is 13.0. The molecule has 0 amide bonds. The first-order valence-corrected chi connectivity index (χ1v) is 8.23. The lowest BCUT2D eigenvalue weighted by atomic mass is 9.79. The molecule has 2 nitrogen and oxygen atoms in total. The van der Waals surface area contributed by atoms with E-state index in [4.69, 9.17) is 0 Å². The van der Waals surface area contributed by atoms with E-state index in [1.807, 2.05) is 0 Å². The van der Waals surface area contributed by atoms with E-state index in [9.17, 15) is 0 Å². The van der Waals surface area contributed by atoms with Crippen molar-refractivity contribution in [1.82, 2.24) is 10.2 Å². The topological polar surface area (TPSA) is 15.3 Å². The zero-order valence-electron chi connectivity index (χ0n) is 12.7. The first-order valence-electron chi connectivity index (χ1n) is 8.23. The highest BCUT2D eigenvalue weighted by atomic mass is 15.3. The van der Waals surface area contributed by atoms with Crippen LogP contribution in [0.4, 0.5) is 0 Å². The van der Waals surface area contributed by atoms with Crippen LogP contribution >= 0.6 is 0 Å². The molecule has 2 rings (SSSR count). The Bertz CT molecular complexity index is 241. The van der Waals surface area contributed by atoms with Gasteiger partial charge in [-0.15, -0.1) is 0 Å². The molecular weight excluding hydrogens is 220 g/mol. The van der Waals surface area contributed by atoms with E-state index in [-0.39, 0.29) is 0 Å². The molecule has 1 aliphatic heterocycles. The summed E-state index contributed by atoms with van der Waals surface area (Å²) in [6.07, 6.45) is 9.85. The number of nitrogens with one attached hydrogen (secondary N) is 1. The molecular formula is C16H32N2. The minimum atomic E-state index is 0.390. The fourth-order valence-electron chi connectivity index (χ4n) is 4.07. The Morgan fingerprint density at radius 2 is 1.72 bits per heavy atom. The van der Waals surface area contributed by atoms with Crippen LogP contribution in [0.25, 0.3) is 0 Å². The first-order chi connectivity index (χ1) is 8.74. The zero-order valence-corrected chi connectivity index (χ0v) is 12.7. The van der Waals surface area contributed by atoms with Crippen LogP contribution in [0.5, 0.6) is 0 Å². The average Bonchev–Trinajstić information content (AvgIpc) is 2.47. The molecule has 18 heavy (non-hydrogen) atoms. The van der Waals surface area contributed by atoms with Crippen molar-refractivity contribution in [2.24, 2.45) is 5.92 Å². The van der Waals surface area contributed by atoms with Gasteiger partial charge >= 0.3 is 0 Å². The molecule has 1 saturated heterocycles. The highest BCUT2D eigenvalue weighted by molar-refractivity contribution is 4.98. The Morgan fingerprint density at radius 1 is 1.06 bits per heavy atom. The van der Waals surface area contributed by atoms with Gasteiger partial charge in [0.05, 0.1) is 0 Å². The van der Waals surface area contributed by atoms with Crippen molar-refractivity contribution in [1.29, 1.82) is 0 Å². The number of hydrogen-bond acceptors (Lipinski definition) is 2. The molecule has 1 atom stereocenters. The van der Waals surface area contributed by atoms with Crippen molar-refractivity contribution < 1.29 is 0 Å². The Kier molecular flexibility index (Phi) is 5.08. The van der Waals surface area contributed by atoms with Gasteiger partial charge in [-0.2, -0.15) is 0 Å². The molecule has 0 spiro atoms. The number of likely N-dealkylation sites (N-methyl/N-ethyl adjacent to an activating group) is 1. The van der Waals surface area contributed by atoms with Crippen LogP contribution in [0.1, 0.15) is 65.7 Å². The summed E-state index contributed by atoms with van der Waals surface area (Å²) in [6.45, 7) is 10.7. The van der Waals surface area contributed by atoms with Crippen molar-refractivity contribution >= 4 is 0 Å². The molecule has 1 heterocycles. The fraction of sp³-hybridized carbons (Fsp3) is 1.00. The largest absolute Gasteiger partial charge is 0.308 e. The van der Waals surface area contributed by atoms with E-state index in [0.29, 0.717) is 5.54 Å². The molecule has 0 aromatic rings. The molecule has 1 saturated carbocycles. The monoisotopic (exact) mass is 252 g/mol. The molecule has 106 valence electrons. The molecule has 0 radical (unpaired) electrons. The molecule has 0 aromatic heterocycles. The molecule has 2 fully saturated rings. The van der Waals surface area contributed by atoms with E-state index in [1.165, 1.54) is 64.6 Å². The summed E-state index contributed by atoms with van der Waals surface area (Å²) >= 11 is 0. The minimum Gasteiger partial charge on any atom is -0.308 e. The molecule has 0 aromatic carbocycles. The van der Waals surface area contributed by atoms with Crippen LogP contribution in [0.15, 0.2) is 0 Å². The SMILES string of the molecule is CCN1CC(CC)(CC)NCC1C1CCCCC1. The highest BCUT2D eigenvalue weighted by Gasteiger charge is 2.39. The maximum absolute atomic E-state index is 3.90. The van der Waals surface area contributed by atoms with Crippen LogP contribution in [0.2, 0.25) is 0 Å². The molecule has 1 N–H and O–H groups in total. The molecule has 2 aliphatic rings. The van der Waals surface area contributed by atoms with Gasteiger partial charge in [-0.05, 0) is 38.1 Å². The van der Waals surface area contributed by atoms with Crippen LogP contribution in [-0.4, -0.2) is 36.1 Å². The quantitative estimate of drug-likeness (QED) is 0.825. The third-order valence-electron chi connectivity index (χ3n) is 5.61. The van der Waals surface area contributed by atoms with Crippen LogP contribution in [0, 0.1) is 5.92 Å². The molecule has 0 bridgehead atoms. The smallest absolute Gasteiger partial charge is 0.0304 e. The number of nitrogens with zero attached hydrogens (tertiary/aromatic N) is 1. The summed E-state index contributed by atoms with van der Waals surface area (Å²) in [6, 6.07) is 0.807. The molecule has 2 heteroatoms. The summed E-state index contributed by atoms with van der Waals surface area (Å²) in [5, 5.41) is 3.90. The fourth-order valence-corrected chi connectivity index (χ4v) is 4.07. The maximum Gasteiger partial charge on any atom is 0.0304 e. The summed E-state index contributed by atoms with van der Waals surface area (Å²) in [5.74, 6) is 0.956. The third-order valence-corrected chi connectivity index (χ3v) is 5.61. The predicted molar refractivity (Wildman–Crippen MR) is 78.9 cm³/mol. The number of hydrogen-bond donors (Lipinski definition) is 1. The second-order valence-corrected chi connectivity index (χ2v) is 6.40. The van der Waals surface area contributed by atoms with Crippen LogP contribution in [0.3, 0.4) is 0 Å². The molecule has 1 unspecified atom stereocenters. The summed E-state index contributed by atoms with van der Waals surface area (Å²) in [7, 11) is 0. The Morgan fingerprint density at radius 3 is 2.28 bits per heavy atom. The van der Waals surface area contributed by atoms with Gasteiger partial charge in [-0.3, -0.25) is 4.90 Å². The van der Waals surface area contributed by atoms with Crippen LogP contribution in [-0.2, 0) is 0 Å². The lowest BCUT2D eigenvalue weighted by Gasteiger charge is -2.50. The average molecular weight is 252 g/mol. The van der Waals surface area contributed by atoms with Gasteiger partial charge in [-0.25, -0.2) is 0 Å². The van der Waals surface area contributed by atoms with Gasteiger partial charge in [-0.1, -0.05) is 40.0 Å². The van der Waals surface area contributed by atoms with Crippen molar-refractivity contribution in [3.05, 3.63) is 0 Å². The van der Waals surface area contributed by atoms with Crippen molar-refractivity contribution in [2.45, 2.75) is 77.3 Å². The first kappa shape index (κ1) is 14.3. The standard InChI is InChI=1S/C16H32N2/c1-4-16(5-2)13-18(6-3)15(12-17-16)14-10-8-7-9-11-14/h14-15,17H,4-13H2,1-3H3. The Balaban J connectivity index is 2.00. The van der Waals surface area contributed by atoms with Crippen molar-refractivity contribution in [3.63, 3.8) is 0 Å². The van der Waals surface area contributed by atoms with E-state index in [1.54, 1.807) is 0 Å². The summed E-state index contributed by atoms with van der Waals surface area (Å²) in [5.41, 5.74) is 0.390. The highest BCUT2D eigenvalue weighted by Crippen LogP contribution is 2.32. The normalized spacial score (nSPS) is 30.5. The summed E-state index contributed by atoms with van der Waals surface area (Å²) in [4.78, 5) is 2.78. The van der Waals surface area contributed by atoms with Gasteiger partial charge in [0.15, 0.2) is 0 Å². The molecule has 1 aliphatic carbocycles. The maximum atomic E-state index is 3.90. The van der Waals surface area contributed by atoms with Crippen molar-refractivity contribution in [2.75, 3.05) is 19.6 Å². The lowest BCUT2D eigenvalue weighted by Crippen LogP contribution is -2.65. The third kappa shape index (κ3) is 2.91. The van der Waals surface area contributed by atoms with Gasteiger partial charge in [0, 0.05) is 24.7 Å². The van der Waals surface area contributed by atoms with Gasteiger partial charge in [0.1, 0.15) is 0 Å². The van der Waals surface area contributed by atoms with E-state index in [2.05, 4.69) is 31.0 Å². The van der Waals surface area contributed by atoms with Gasteiger partial charge in [0.25, 0.3) is 0 Å². The van der Waals surface area contributed by atoms with E-state index >= 15 is 0 Å². The Labute approximate surface area is 114 Å². The Hall–Kier alpha value is -0.0800. The predicted octanol–water partition coefficient (Wildman–Crippen LogP) is 3.42. The van der Waals surface area contributed by atoms with Crippen LogP contribution < -0.4 is 5.32 Å². The number of piperazine rings is 1. The van der Waals surface area contributed by atoms with E-state index < -0.39 is 0 Å². The summed E-state index contributed by atoms with van der Waals surface area (Å²) < 4.78 is 0. The second-order valence-electron chi connectivity index (χ2n) is 6.40.